The molecule has 0 aliphatic carbocycles. The summed E-state index contributed by atoms with van der Waals surface area (Å²) in [5, 5.41) is 3.08. The molecule has 2 aliphatic rings. The van der Waals surface area contributed by atoms with Crippen molar-refractivity contribution in [2.75, 3.05) is 28.2 Å². The van der Waals surface area contributed by atoms with Crippen LogP contribution >= 0.6 is 12.4 Å². The van der Waals surface area contributed by atoms with Crippen molar-refractivity contribution in [3.05, 3.63) is 82.4 Å². The van der Waals surface area contributed by atoms with E-state index < -0.39 is 6.10 Å². The van der Waals surface area contributed by atoms with E-state index in [0.29, 0.717) is 30.1 Å². The maximum Gasteiger partial charge on any atom is -0.147 e. The Morgan fingerprint density at radius 3 is 1.64 bits per heavy atom. The zero-order chi connectivity index (χ0) is 31.7. The molecule has 1 amide bonds. The van der Waals surface area contributed by atoms with Crippen LogP contribution in [-0.2, 0) is 21.5 Å². The van der Waals surface area contributed by atoms with Crippen LogP contribution in [0.2, 0.25) is 0 Å². The van der Waals surface area contributed by atoms with Crippen molar-refractivity contribution in [3.8, 4) is 5.75 Å². The molecule has 245 valence electrons. The quantitative estimate of drug-likeness (QED) is 0.224. The molecule has 1 unspecified atom stereocenters. The minimum Gasteiger partial charge on any atom is -0.147 e. The average molecular weight is 718 g/mol. The Balaban J connectivity index is 0.00000461. The van der Waals surface area contributed by atoms with Crippen LogP contribution in [-0.4, -0.2) is 34.5 Å². The van der Waals surface area contributed by atoms with Crippen molar-refractivity contribution in [2.45, 2.75) is 103 Å². The molecule has 0 bridgehead atoms. The van der Waals surface area contributed by atoms with Gasteiger partial charge in [-0.05, 0) is 0 Å². The summed E-state index contributed by atoms with van der Waals surface area (Å²) in [4.78, 5) is 18.0. The molecule has 45 heavy (non-hydrogen) atoms. The van der Waals surface area contributed by atoms with Gasteiger partial charge in [0.15, 0.2) is 0 Å². The van der Waals surface area contributed by atoms with Crippen LogP contribution in [0.5, 0.6) is 5.75 Å². The molecule has 5 nitrogen and oxygen atoms in total. The van der Waals surface area contributed by atoms with Gasteiger partial charge in [0.1, 0.15) is 0 Å². The first-order valence-corrected chi connectivity index (χ1v) is 18.4. The fraction of sp³-hybridized carbons (Fsp3) is 0.474. The van der Waals surface area contributed by atoms with E-state index in [-0.39, 0.29) is 39.7 Å². The molecule has 1 atom stereocenters. The van der Waals surface area contributed by atoms with E-state index >= 15 is 0 Å². The molecule has 0 saturated carbocycles. The van der Waals surface area contributed by atoms with Gasteiger partial charge in [-0.3, -0.25) is 0 Å². The van der Waals surface area contributed by atoms with Gasteiger partial charge >= 0.3 is 273 Å². The summed E-state index contributed by atoms with van der Waals surface area (Å²) in [5.74, 6) is 2.46. The zero-order valence-electron chi connectivity index (χ0n) is 28.3. The van der Waals surface area contributed by atoms with Crippen molar-refractivity contribution < 1.29 is 26.2 Å². The fourth-order valence-corrected chi connectivity index (χ4v) is 8.98. The van der Waals surface area contributed by atoms with E-state index in [1.165, 1.54) is 33.6 Å². The average Bonchev–Trinajstić information content (AvgIpc) is 3.41. The van der Waals surface area contributed by atoms with Gasteiger partial charge in [0.2, 0.25) is 0 Å². The SMILES string of the molecule is CCC1Oc2c(/[CH]=[Ru]/[CH]3N(c4c(C(C)C)cccc4C(C)C)CCN3c3c(C(C)C)cccc3C(C)C)cccc2NC1=O.Cl. The smallest absolute Gasteiger partial charge is 0.147 e. The summed E-state index contributed by atoms with van der Waals surface area (Å²) in [6.45, 7) is 22.5. The Labute approximate surface area is 284 Å². The molecule has 1 fully saturated rings. The summed E-state index contributed by atoms with van der Waals surface area (Å²) in [6, 6.07) is 19.9. The number of carbonyl (C=O) groups is 1. The third-order valence-corrected chi connectivity index (χ3v) is 11.3. The van der Waals surface area contributed by atoms with Crippen LogP contribution in [0, 0.1) is 0 Å². The Morgan fingerprint density at radius 1 is 0.778 bits per heavy atom. The molecule has 7 heteroatoms. The van der Waals surface area contributed by atoms with Gasteiger partial charge < -0.3 is 0 Å². The van der Waals surface area contributed by atoms with Crippen LogP contribution in [0.15, 0.2) is 54.6 Å². The second kappa shape index (κ2) is 14.8. The first-order valence-electron chi connectivity index (χ1n) is 16.3. The molecule has 0 spiro atoms. The number of hydrogen-bond acceptors (Lipinski definition) is 4. The number of rotatable bonds is 9. The predicted octanol–water partition coefficient (Wildman–Crippen LogP) is 9.25. The molecule has 0 aromatic heterocycles. The van der Waals surface area contributed by atoms with Crippen molar-refractivity contribution >= 4 is 40.0 Å². The maximum atomic E-state index is 12.6. The largest absolute Gasteiger partial charge is 0.147 e. The van der Waals surface area contributed by atoms with Gasteiger partial charge in [0.25, 0.3) is 0 Å². The topological polar surface area (TPSA) is 44.8 Å². The minimum atomic E-state index is -0.453. The van der Waals surface area contributed by atoms with Crippen molar-refractivity contribution in [2.24, 2.45) is 0 Å². The van der Waals surface area contributed by atoms with Crippen molar-refractivity contribution in [1.82, 2.24) is 0 Å². The molecule has 1 saturated heterocycles. The number of nitrogens with zero attached hydrogens (tertiary/aromatic N) is 2. The molecule has 3 aromatic carbocycles. The maximum absolute atomic E-state index is 12.6. The zero-order valence-corrected chi connectivity index (χ0v) is 30.9. The van der Waals surface area contributed by atoms with Crippen molar-refractivity contribution in [1.29, 1.82) is 0 Å². The Hall–Kier alpha value is -2.69. The van der Waals surface area contributed by atoms with Gasteiger partial charge in [0.05, 0.1) is 0 Å². The van der Waals surface area contributed by atoms with E-state index in [1.807, 2.05) is 19.1 Å². The molecule has 3 aromatic rings. The standard InChI is InChI=1S/C27H39N2.C11H11NO2.ClH.Ru/c1-18(2)22-11-9-12-23(19(3)4)26(22)28-15-16-29(17-28)27-24(20(5)6)13-10-14-25(27)21(7)8;1-3-9-11(13)12-8-6-4-5-7(2)10(8)14-9;;/h9-14,17-21H,15-16H2,1-8H3;2,4-6,9H,3H2,1H3,(H,12,13);1H;. The van der Waals surface area contributed by atoms with Gasteiger partial charge in [-0.2, -0.15) is 0 Å². The third kappa shape index (κ3) is 7.03. The van der Waals surface area contributed by atoms with Gasteiger partial charge in [-0.1, -0.05) is 0 Å². The first kappa shape index (κ1) is 35.2. The second-order valence-electron chi connectivity index (χ2n) is 13.3. The Bertz CT molecular complexity index is 1410. The summed E-state index contributed by atoms with van der Waals surface area (Å²) < 4.78 is 8.95. The number of anilines is 3. The molecule has 1 N–H and O–H groups in total. The summed E-state index contributed by atoms with van der Waals surface area (Å²) in [7, 11) is 0. The summed E-state index contributed by atoms with van der Waals surface area (Å²) in [5.41, 5.74) is 10.4. The minimum absolute atomic E-state index is 0. The van der Waals surface area contributed by atoms with E-state index in [1.54, 1.807) is 0 Å². The second-order valence-corrected chi connectivity index (χ2v) is 15.3. The van der Waals surface area contributed by atoms with E-state index in [4.69, 9.17) is 4.74 Å². The Kier molecular flexibility index (Phi) is 11.6. The first-order chi connectivity index (χ1) is 21.0. The summed E-state index contributed by atoms with van der Waals surface area (Å²) in [6.07, 6.45) is 0.191. The van der Waals surface area contributed by atoms with Crippen LogP contribution in [0.1, 0.15) is 120 Å². The number of hydrogen-bond donors (Lipinski definition) is 1. The predicted molar refractivity (Wildman–Crippen MR) is 190 cm³/mol. The van der Waals surface area contributed by atoms with Gasteiger partial charge in [-0.15, -0.1) is 12.4 Å². The van der Waals surface area contributed by atoms with Crippen LogP contribution < -0.4 is 19.9 Å². The summed E-state index contributed by atoms with van der Waals surface area (Å²) >= 11 is -0.287. The van der Waals surface area contributed by atoms with Gasteiger partial charge in [0, 0.05) is 0 Å². The van der Waals surface area contributed by atoms with Gasteiger partial charge in [-0.25, -0.2) is 0 Å². The van der Waals surface area contributed by atoms with Crippen molar-refractivity contribution in [3.63, 3.8) is 0 Å². The monoisotopic (exact) mass is 718 g/mol. The number of carbonyl (C=O) groups excluding carboxylic acids is 1. The Morgan fingerprint density at radius 2 is 1.22 bits per heavy atom. The van der Waals surface area contributed by atoms with Crippen LogP contribution in [0.4, 0.5) is 17.1 Å². The molecular weight excluding hydrogens is 667 g/mol. The van der Waals surface area contributed by atoms with Crippen LogP contribution in [0.25, 0.3) is 0 Å². The normalized spacial score (nSPS) is 17.2. The third-order valence-electron chi connectivity index (χ3n) is 8.84. The van der Waals surface area contributed by atoms with E-state index in [0.717, 1.165) is 30.1 Å². The molecular formula is C38H51ClN3O2Ru. The van der Waals surface area contributed by atoms with Crippen LogP contribution in [0.3, 0.4) is 0 Å². The molecule has 5 rings (SSSR count). The number of ether oxygens (including phenoxy) is 1. The molecule has 2 aliphatic heterocycles. The van der Waals surface area contributed by atoms with E-state index in [9.17, 15) is 4.79 Å². The number of halogens is 1. The molecule has 0 radical (unpaired) electrons. The van der Waals surface area contributed by atoms with E-state index in [2.05, 4.69) is 118 Å². The number of para-hydroxylation sites is 3. The number of amides is 1. The number of benzene rings is 3. The number of fused-ring (bicyclic) bond motifs is 1. The fourth-order valence-electron chi connectivity index (χ4n) is 6.49. The number of nitrogens with one attached hydrogen (secondary N) is 1. The molecule has 2 heterocycles.